The fourth-order valence-corrected chi connectivity index (χ4v) is 3.48. The summed E-state index contributed by atoms with van der Waals surface area (Å²) in [5, 5.41) is 10.1. The standard InChI is InChI=1S/C24H22N6O3/c1-16(2)33-12-6-11-30-21(28-23(31)17-7-5-9-26-15-17)18(14-25)13-19-22(30)27-20-8-3-4-10-29(20)24(19)32/h3-5,7-10,13,15-16H,6,11-12H2,1-2H3. The van der Waals surface area contributed by atoms with Crippen LogP contribution in [0.3, 0.4) is 0 Å². The van der Waals surface area contributed by atoms with E-state index in [2.05, 4.69) is 21.0 Å². The molecule has 0 radical (unpaired) electrons. The van der Waals surface area contributed by atoms with Crippen molar-refractivity contribution in [3.63, 3.8) is 0 Å². The number of aromatic nitrogens is 4. The number of nitrogens with zero attached hydrogens (tertiary/aromatic N) is 6. The largest absolute Gasteiger partial charge is 0.379 e. The highest BCUT2D eigenvalue weighted by Gasteiger charge is 2.15. The first-order valence-electron chi connectivity index (χ1n) is 10.6. The Hall–Kier alpha value is -4.16. The van der Waals surface area contributed by atoms with Crippen LogP contribution in [-0.4, -0.2) is 37.6 Å². The first kappa shape index (κ1) is 22.0. The van der Waals surface area contributed by atoms with E-state index >= 15 is 0 Å². The molecule has 4 heterocycles. The van der Waals surface area contributed by atoms with E-state index in [1.54, 1.807) is 47.3 Å². The predicted molar refractivity (Wildman–Crippen MR) is 122 cm³/mol. The molecule has 1 amide bonds. The maximum atomic E-state index is 13.2. The SMILES string of the molecule is CC(C)OCCCn1c(=NC(=O)c2cccnc2)c(C#N)cc2c(=O)n3ccccc3nc21. The molecule has 4 rings (SSSR count). The lowest BCUT2D eigenvalue weighted by molar-refractivity contribution is 0.0748. The summed E-state index contributed by atoms with van der Waals surface area (Å²) >= 11 is 0. The fourth-order valence-electron chi connectivity index (χ4n) is 3.48. The average Bonchev–Trinajstić information content (AvgIpc) is 2.83. The van der Waals surface area contributed by atoms with E-state index in [1.165, 1.54) is 16.7 Å². The molecule has 0 N–H and O–H groups in total. The molecule has 0 spiro atoms. The van der Waals surface area contributed by atoms with E-state index in [0.717, 1.165) is 0 Å². The van der Waals surface area contributed by atoms with Gasteiger partial charge in [-0.25, -0.2) is 4.98 Å². The topological polar surface area (TPSA) is 115 Å². The van der Waals surface area contributed by atoms with Crippen LogP contribution in [0.5, 0.6) is 0 Å². The zero-order valence-corrected chi connectivity index (χ0v) is 18.3. The number of rotatable bonds is 6. The molecule has 0 aliphatic heterocycles. The Labute approximate surface area is 189 Å². The minimum atomic E-state index is -0.538. The minimum absolute atomic E-state index is 0.0696. The third-order valence-electron chi connectivity index (χ3n) is 5.00. The lowest BCUT2D eigenvalue weighted by Crippen LogP contribution is -2.30. The monoisotopic (exact) mass is 442 g/mol. The summed E-state index contributed by atoms with van der Waals surface area (Å²) in [5.74, 6) is -0.538. The molecule has 33 heavy (non-hydrogen) atoms. The van der Waals surface area contributed by atoms with Crippen LogP contribution < -0.4 is 11.0 Å². The van der Waals surface area contributed by atoms with Crippen molar-refractivity contribution in [3.8, 4) is 6.07 Å². The Bertz CT molecular complexity index is 1500. The van der Waals surface area contributed by atoms with Crippen LogP contribution in [0.4, 0.5) is 0 Å². The maximum Gasteiger partial charge on any atom is 0.280 e. The van der Waals surface area contributed by atoms with Crippen molar-refractivity contribution in [2.24, 2.45) is 4.99 Å². The highest BCUT2D eigenvalue weighted by Crippen LogP contribution is 2.11. The maximum absolute atomic E-state index is 13.2. The zero-order valence-electron chi connectivity index (χ0n) is 18.3. The summed E-state index contributed by atoms with van der Waals surface area (Å²) in [6.45, 7) is 4.71. The van der Waals surface area contributed by atoms with Crippen molar-refractivity contribution < 1.29 is 9.53 Å². The molecule has 0 saturated carbocycles. The van der Waals surface area contributed by atoms with Crippen molar-refractivity contribution in [3.05, 3.63) is 82.0 Å². The third kappa shape index (κ3) is 4.56. The molecule has 0 aliphatic carbocycles. The van der Waals surface area contributed by atoms with Crippen LogP contribution in [0.2, 0.25) is 0 Å². The van der Waals surface area contributed by atoms with E-state index in [4.69, 9.17) is 4.74 Å². The van der Waals surface area contributed by atoms with Crippen LogP contribution in [0, 0.1) is 11.3 Å². The summed E-state index contributed by atoms with van der Waals surface area (Å²) in [5.41, 5.74) is 1.06. The normalized spacial score (nSPS) is 11.9. The molecule has 0 aliphatic rings. The first-order chi connectivity index (χ1) is 16.0. The smallest absolute Gasteiger partial charge is 0.280 e. The molecule has 0 aromatic carbocycles. The van der Waals surface area contributed by atoms with Gasteiger partial charge in [0.2, 0.25) is 0 Å². The molecule has 0 unspecified atom stereocenters. The summed E-state index contributed by atoms with van der Waals surface area (Å²) in [7, 11) is 0. The van der Waals surface area contributed by atoms with Gasteiger partial charge < -0.3 is 9.30 Å². The van der Waals surface area contributed by atoms with Gasteiger partial charge in [-0.1, -0.05) is 6.07 Å². The number of carbonyl (C=O) groups excluding carboxylic acids is 1. The van der Waals surface area contributed by atoms with E-state index < -0.39 is 5.91 Å². The summed E-state index contributed by atoms with van der Waals surface area (Å²) < 4.78 is 8.72. The number of hydrogen-bond donors (Lipinski definition) is 0. The molecule has 4 aromatic heterocycles. The number of hydrogen-bond acceptors (Lipinski definition) is 6. The lowest BCUT2D eigenvalue weighted by atomic mass is 10.2. The second-order valence-electron chi connectivity index (χ2n) is 7.66. The van der Waals surface area contributed by atoms with Gasteiger partial charge in [0.15, 0.2) is 5.49 Å². The van der Waals surface area contributed by atoms with E-state index in [-0.39, 0.29) is 28.1 Å². The molecule has 4 aromatic rings. The van der Waals surface area contributed by atoms with Crippen LogP contribution in [0.25, 0.3) is 16.7 Å². The number of aryl methyl sites for hydroxylation is 1. The Kier molecular flexibility index (Phi) is 6.38. The van der Waals surface area contributed by atoms with Crippen LogP contribution in [0.1, 0.15) is 36.2 Å². The van der Waals surface area contributed by atoms with Crippen molar-refractivity contribution in [2.45, 2.75) is 32.9 Å². The fraction of sp³-hybridized carbons (Fsp3) is 0.250. The number of nitriles is 1. The molecule has 0 bridgehead atoms. The number of amides is 1. The highest BCUT2D eigenvalue weighted by molar-refractivity contribution is 5.94. The lowest BCUT2D eigenvalue weighted by Gasteiger charge is -2.14. The first-order valence-corrected chi connectivity index (χ1v) is 10.6. The average molecular weight is 442 g/mol. The van der Waals surface area contributed by atoms with Gasteiger partial charge in [-0.2, -0.15) is 10.3 Å². The summed E-state index contributed by atoms with van der Waals surface area (Å²) in [6.07, 6.45) is 5.25. The quantitative estimate of drug-likeness (QED) is 0.335. The van der Waals surface area contributed by atoms with Gasteiger partial charge in [-0.05, 0) is 50.6 Å². The van der Waals surface area contributed by atoms with Gasteiger partial charge in [0.25, 0.3) is 11.5 Å². The van der Waals surface area contributed by atoms with Gasteiger partial charge in [-0.3, -0.25) is 19.0 Å². The van der Waals surface area contributed by atoms with Gasteiger partial charge in [0.1, 0.15) is 17.4 Å². The Balaban J connectivity index is 1.98. The number of carbonyl (C=O) groups is 1. The van der Waals surface area contributed by atoms with Crippen molar-refractivity contribution in [1.29, 1.82) is 5.26 Å². The molecule has 9 heteroatoms. The molecular formula is C24H22N6O3. The molecule has 0 atom stereocenters. The van der Waals surface area contributed by atoms with Crippen LogP contribution in [-0.2, 0) is 11.3 Å². The van der Waals surface area contributed by atoms with Crippen molar-refractivity contribution in [1.82, 2.24) is 18.9 Å². The molecule has 0 saturated heterocycles. The van der Waals surface area contributed by atoms with E-state index in [9.17, 15) is 14.9 Å². The predicted octanol–water partition coefficient (Wildman–Crippen LogP) is 2.47. The number of fused-ring (bicyclic) bond motifs is 2. The van der Waals surface area contributed by atoms with Gasteiger partial charge in [-0.15, -0.1) is 0 Å². The Morgan fingerprint density at radius 1 is 1.27 bits per heavy atom. The molecule has 0 fully saturated rings. The minimum Gasteiger partial charge on any atom is -0.379 e. The van der Waals surface area contributed by atoms with Gasteiger partial charge >= 0.3 is 0 Å². The second kappa shape index (κ2) is 9.54. The van der Waals surface area contributed by atoms with Gasteiger partial charge in [0, 0.05) is 31.7 Å². The third-order valence-corrected chi connectivity index (χ3v) is 5.00. The van der Waals surface area contributed by atoms with Gasteiger partial charge in [0.05, 0.1) is 22.6 Å². The van der Waals surface area contributed by atoms with Crippen LogP contribution in [0.15, 0.2) is 64.8 Å². The summed E-state index contributed by atoms with van der Waals surface area (Å²) in [6, 6.07) is 12.0. The summed E-state index contributed by atoms with van der Waals surface area (Å²) in [4.78, 5) is 38.8. The van der Waals surface area contributed by atoms with Crippen LogP contribution >= 0.6 is 0 Å². The molecule has 166 valence electrons. The number of ether oxygens (including phenoxy) is 1. The highest BCUT2D eigenvalue weighted by atomic mass is 16.5. The Morgan fingerprint density at radius 2 is 2.12 bits per heavy atom. The molecule has 9 nitrogen and oxygen atoms in total. The number of pyridine rings is 3. The van der Waals surface area contributed by atoms with E-state index in [0.29, 0.717) is 36.4 Å². The zero-order chi connectivity index (χ0) is 23.4. The Morgan fingerprint density at radius 3 is 2.85 bits per heavy atom. The van der Waals surface area contributed by atoms with Crippen molar-refractivity contribution in [2.75, 3.05) is 6.61 Å². The van der Waals surface area contributed by atoms with E-state index in [1.807, 2.05) is 13.8 Å². The molecular weight excluding hydrogens is 420 g/mol. The second-order valence-corrected chi connectivity index (χ2v) is 7.66. The van der Waals surface area contributed by atoms with Crippen molar-refractivity contribution >= 4 is 22.6 Å².